The van der Waals surface area contributed by atoms with Gasteiger partial charge in [0.2, 0.25) is 0 Å². The molecule has 0 aliphatic carbocycles. The van der Waals surface area contributed by atoms with Crippen LogP contribution < -0.4 is 11.2 Å². The Labute approximate surface area is 122 Å². The van der Waals surface area contributed by atoms with Crippen molar-refractivity contribution in [3.05, 3.63) is 67.0 Å². The van der Waals surface area contributed by atoms with Crippen LogP contribution in [0.4, 0.5) is 0 Å². The summed E-state index contributed by atoms with van der Waals surface area (Å²) in [5.41, 5.74) is 3.06. The number of rotatable bonds is 3. The first-order valence-corrected chi connectivity index (χ1v) is 6.71. The lowest BCUT2D eigenvalue weighted by atomic mass is 9.98. The van der Waals surface area contributed by atoms with Gasteiger partial charge < -0.3 is 0 Å². The SMILES string of the molecule is Cc1cc(C)c(C(=O)Cn2cc(C)c(=O)[nH]c2=O)cc1C. The fourth-order valence-electron chi connectivity index (χ4n) is 2.24. The van der Waals surface area contributed by atoms with Gasteiger partial charge in [0.25, 0.3) is 5.56 Å². The van der Waals surface area contributed by atoms with E-state index in [1.165, 1.54) is 10.8 Å². The Morgan fingerprint density at radius 3 is 2.29 bits per heavy atom. The highest BCUT2D eigenvalue weighted by atomic mass is 16.2. The molecule has 0 saturated carbocycles. The minimum absolute atomic E-state index is 0.0835. The summed E-state index contributed by atoms with van der Waals surface area (Å²) >= 11 is 0. The molecule has 1 heterocycles. The van der Waals surface area contributed by atoms with Crippen molar-refractivity contribution in [1.29, 1.82) is 0 Å². The Hall–Kier alpha value is -2.43. The molecule has 21 heavy (non-hydrogen) atoms. The van der Waals surface area contributed by atoms with Crippen LogP contribution >= 0.6 is 0 Å². The van der Waals surface area contributed by atoms with Gasteiger partial charge in [-0.25, -0.2) is 4.79 Å². The Kier molecular flexibility index (Phi) is 3.93. The molecule has 0 saturated heterocycles. The Morgan fingerprint density at radius 1 is 1.00 bits per heavy atom. The Bertz CT molecular complexity index is 828. The van der Waals surface area contributed by atoms with Gasteiger partial charge in [-0.2, -0.15) is 0 Å². The average molecular weight is 286 g/mol. The third-order valence-corrected chi connectivity index (χ3v) is 3.64. The van der Waals surface area contributed by atoms with Crippen LogP contribution in [0.3, 0.4) is 0 Å². The summed E-state index contributed by atoms with van der Waals surface area (Å²) in [6, 6.07) is 3.81. The summed E-state index contributed by atoms with van der Waals surface area (Å²) in [5.74, 6) is -0.149. The summed E-state index contributed by atoms with van der Waals surface area (Å²) in [6.45, 7) is 7.33. The van der Waals surface area contributed by atoms with Gasteiger partial charge in [-0.05, 0) is 50.5 Å². The van der Waals surface area contributed by atoms with Crippen molar-refractivity contribution in [1.82, 2.24) is 9.55 Å². The molecule has 0 amide bonds. The van der Waals surface area contributed by atoms with Crippen LogP contribution in [0.25, 0.3) is 0 Å². The zero-order chi connectivity index (χ0) is 15.7. The monoisotopic (exact) mass is 286 g/mol. The lowest BCUT2D eigenvalue weighted by molar-refractivity contribution is 0.0969. The molecule has 0 unspecified atom stereocenters. The van der Waals surface area contributed by atoms with E-state index in [2.05, 4.69) is 4.98 Å². The van der Waals surface area contributed by atoms with Crippen LogP contribution in [-0.4, -0.2) is 15.3 Å². The number of nitrogens with zero attached hydrogens (tertiary/aromatic N) is 1. The van der Waals surface area contributed by atoms with E-state index in [1.54, 1.807) is 6.92 Å². The Morgan fingerprint density at radius 2 is 1.62 bits per heavy atom. The zero-order valence-corrected chi connectivity index (χ0v) is 12.6. The normalized spacial score (nSPS) is 10.7. The fourth-order valence-corrected chi connectivity index (χ4v) is 2.24. The molecule has 1 N–H and O–H groups in total. The number of aromatic nitrogens is 2. The fraction of sp³-hybridized carbons (Fsp3) is 0.312. The smallest absolute Gasteiger partial charge is 0.293 e. The molecule has 0 atom stereocenters. The van der Waals surface area contributed by atoms with Crippen molar-refractivity contribution in [3.8, 4) is 0 Å². The number of carbonyl (C=O) groups is 1. The largest absolute Gasteiger partial charge is 0.328 e. The van der Waals surface area contributed by atoms with E-state index in [1.807, 2.05) is 32.9 Å². The standard InChI is InChI=1S/C16H18N2O3/c1-9-5-11(3)13(6-10(9)2)14(19)8-18-7-12(4)15(20)17-16(18)21/h5-7H,8H2,1-4H3,(H,17,20,21). The third kappa shape index (κ3) is 3.02. The number of hydrogen-bond acceptors (Lipinski definition) is 3. The predicted octanol–water partition coefficient (Wildman–Crippen LogP) is 1.65. The molecule has 0 aliphatic rings. The summed E-state index contributed by atoms with van der Waals surface area (Å²) in [6.07, 6.45) is 1.41. The molecule has 0 aliphatic heterocycles. The predicted molar refractivity (Wildman–Crippen MR) is 81.0 cm³/mol. The first-order valence-electron chi connectivity index (χ1n) is 6.71. The first-order chi connectivity index (χ1) is 9.79. The molecular weight excluding hydrogens is 268 g/mol. The van der Waals surface area contributed by atoms with Crippen LogP contribution in [0.2, 0.25) is 0 Å². The number of ketones is 1. The number of carbonyl (C=O) groups excluding carboxylic acids is 1. The molecule has 110 valence electrons. The van der Waals surface area contributed by atoms with E-state index in [0.717, 1.165) is 16.7 Å². The van der Waals surface area contributed by atoms with Gasteiger partial charge in [-0.1, -0.05) is 6.07 Å². The highest BCUT2D eigenvalue weighted by Crippen LogP contribution is 2.16. The second-order valence-corrected chi connectivity index (χ2v) is 5.37. The van der Waals surface area contributed by atoms with Gasteiger partial charge in [0.05, 0.1) is 6.54 Å². The maximum Gasteiger partial charge on any atom is 0.328 e. The van der Waals surface area contributed by atoms with Crippen LogP contribution in [0.15, 0.2) is 27.9 Å². The maximum absolute atomic E-state index is 12.4. The van der Waals surface area contributed by atoms with Crippen molar-refractivity contribution in [3.63, 3.8) is 0 Å². The van der Waals surface area contributed by atoms with Crippen LogP contribution in [0.5, 0.6) is 0 Å². The van der Waals surface area contributed by atoms with E-state index in [0.29, 0.717) is 11.1 Å². The number of Topliss-reactive ketones (excluding diaryl/α,β-unsaturated/α-hetero) is 1. The van der Waals surface area contributed by atoms with Crippen LogP contribution in [0, 0.1) is 27.7 Å². The van der Waals surface area contributed by atoms with E-state index in [9.17, 15) is 14.4 Å². The van der Waals surface area contributed by atoms with Crippen molar-refractivity contribution in [2.45, 2.75) is 34.2 Å². The third-order valence-electron chi connectivity index (χ3n) is 3.64. The summed E-state index contributed by atoms with van der Waals surface area (Å²) < 4.78 is 1.23. The number of aryl methyl sites for hydroxylation is 4. The number of aromatic amines is 1. The molecule has 5 heteroatoms. The van der Waals surface area contributed by atoms with Crippen molar-refractivity contribution in [2.75, 3.05) is 0 Å². The zero-order valence-electron chi connectivity index (χ0n) is 12.6. The molecule has 1 aromatic carbocycles. The number of benzene rings is 1. The Balaban J connectivity index is 2.39. The molecule has 2 rings (SSSR count). The maximum atomic E-state index is 12.4. The first kappa shape index (κ1) is 15.0. The molecule has 0 radical (unpaired) electrons. The molecule has 5 nitrogen and oxygen atoms in total. The lowest BCUT2D eigenvalue weighted by Gasteiger charge is -2.10. The average Bonchev–Trinajstić information content (AvgIpc) is 2.40. The van der Waals surface area contributed by atoms with Crippen molar-refractivity contribution < 1.29 is 4.79 Å². The molecule has 1 aromatic heterocycles. The quantitative estimate of drug-likeness (QED) is 0.872. The molecule has 2 aromatic rings. The minimum Gasteiger partial charge on any atom is -0.293 e. The van der Waals surface area contributed by atoms with E-state index < -0.39 is 11.2 Å². The summed E-state index contributed by atoms with van der Waals surface area (Å²) in [5, 5.41) is 0. The van der Waals surface area contributed by atoms with Crippen molar-refractivity contribution in [2.24, 2.45) is 0 Å². The number of hydrogen-bond donors (Lipinski definition) is 1. The van der Waals surface area contributed by atoms with Gasteiger partial charge in [0.15, 0.2) is 5.78 Å². The molecular formula is C16H18N2O3. The second-order valence-electron chi connectivity index (χ2n) is 5.37. The van der Waals surface area contributed by atoms with E-state index in [-0.39, 0.29) is 12.3 Å². The molecule has 0 fully saturated rings. The summed E-state index contributed by atoms with van der Waals surface area (Å²) in [4.78, 5) is 37.6. The van der Waals surface area contributed by atoms with Gasteiger partial charge in [-0.3, -0.25) is 19.1 Å². The summed E-state index contributed by atoms with van der Waals surface area (Å²) in [7, 11) is 0. The van der Waals surface area contributed by atoms with Crippen LogP contribution in [0.1, 0.15) is 32.6 Å². The van der Waals surface area contributed by atoms with Crippen molar-refractivity contribution >= 4 is 5.78 Å². The van der Waals surface area contributed by atoms with Gasteiger partial charge in [-0.15, -0.1) is 0 Å². The van der Waals surface area contributed by atoms with E-state index in [4.69, 9.17) is 0 Å². The van der Waals surface area contributed by atoms with Gasteiger partial charge in [0.1, 0.15) is 0 Å². The minimum atomic E-state index is -0.569. The highest BCUT2D eigenvalue weighted by molar-refractivity contribution is 5.97. The number of nitrogens with one attached hydrogen (secondary N) is 1. The second kappa shape index (κ2) is 5.52. The number of H-pyrrole nitrogens is 1. The van der Waals surface area contributed by atoms with Gasteiger partial charge in [0, 0.05) is 17.3 Å². The lowest BCUT2D eigenvalue weighted by Crippen LogP contribution is -2.32. The molecule has 0 spiro atoms. The van der Waals surface area contributed by atoms with Gasteiger partial charge >= 0.3 is 5.69 Å². The van der Waals surface area contributed by atoms with E-state index >= 15 is 0 Å². The topological polar surface area (TPSA) is 71.9 Å². The van der Waals surface area contributed by atoms with Crippen LogP contribution in [-0.2, 0) is 6.54 Å². The highest BCUT2D eigenvalue weighted by Gasteiger charge is 2.13. The molecule has 0 bridgehead atoms.